The minimum atomic E-state index is -3.84. The number of rotatable bonds is 2. The van der Waals surface area contributed by atoms with Crippen molar-refractivity contribution in [1.29, 1.82) is 0 Å². The molecule has 1 aliphatic rings. The van der Waals surface area contributed by atoms with Gasteiger partial charge in [0.2, 0.25) is 10.0 Å². The molecule has 1 aromatic heterocycles. The van der Waals surface area contributed by atoms with Gasteiger partial charge in [-0.1, -0.05) is 12.2 Å². The van der Waals surface area contributed by atoms with E-state index in [-0.39, 0.29) is 21.8 Å². The summed E-state index contributed by atoms with van der Waals surface area (Å²) in [6.07, 6.45) is 4.32. The van der Waals surface area contributed by atoms with Crippen molar-refractivity contribution in [3.05, 3.63) is 53.1 Å². The van der Waals surface area contributed by atoms with E-state index in [2.05, 4.69) is 10.0 Å². The SMILES string of the molecule is CC1C=Cc2c(cn(C)c2C(=O)Nc2cc(F)c(F)c(F)c2)S(=O)(=O)N1. The fourth-order valence-electron chi connectivity index (χ4n) is 2.68. The summed E-state index contributed by atoms with van der Waals surface area (Å²) in [5.74, 6) is -5.35. The molecule has 1 aliphatic heterocycles. The van der Waals surface area contributed by atoms with E-state index in [1.54, 1.807) is 13.0 Å². The smallest absolute Gasteiger partial charge is 0.272 e. The third kappa shape index (κ3) is 3.13. The van der Waals surface area contributed by atoms with Crippen LogP contribution in [0.4, 0.5) is 18.9 Å². The molecule has 0 saturated heterocycles. The molecule has 2 heterocycles. The van der Waals surface area contributed by atoms with Crippen LogP contribution in [-0.2, 0) is 17.1 Å². The van der Waals surface area contributed by atoms with Crippen molar-refractivity contribution in [2.45, 2.75) is 17.9 Å². The van der Waals surface area contributed by atoms with Crippen molar-refractivity contribution in [3.63, 3.8) is 0 Å². The van der Waals surface area contributed by atoms with E-state index >= 15 is 0 Å². The molecule has 0 radical (unpaired) electrons. The van der Waals surface area contributed by atoms with Crippen LogP contribution in [0.3, 0.4) is 0 Å². The van der Waals surface area contributed by atoms with Crippen molar-refractivity contribution in [3.8, 4) is 0 Å². The van der Waals surface area contributed by atoms with E-state index in [1.165, 1.54) is 23.9 Å². The molecule has 0 spiro atoms. The lowest BCUT2D eigenvalue weighted by atomic mass is 10.2. The zero-order valence-corrected chi connectivity index (χ0v) is 14.5. The molecule has 3 rings (SSSR count). The topological polar surface area (TPSA) is 80.2 Å². The highest BCUT2D eigenvalue weighted by Gasteiger charge is 2.29. The van der Waals surface area contributed by atoms with E-state index in [4.69, 9.17) is 0 Å². The number of benzene rings is 1. The maximum absolute atomic E-state index is 13.3. The standard InChI is InChI=1S/C16H14F3N3O3S/c1-8-3-4-10-13(26(24,25)21-8)7-22(2)15(10)16(23)20-9-5-11(17)14(19)12(18)6-9/h3-8,21H,1-2H3,(H,20,23). The number of amides is 1. The summed E-state index contributed by atoms with van der Waals surface area (Å²) in [6, 6.07) is 0.788. The highest BCUT2D eigenvalue weighted by Crippen LogP contribution is 2.27. The monoisotopic (exact) mass is 385 g/mol. The van der Waals surface area contributed by atoms with Crippen LogP contribution in [0.15, 0.2) is 29.3 Å². The molecule has 0 aliphatic carbocycles. The average Bonchev–Trinajstić information content (AvgIpc) is 2.82. The highest BCUT2D eigenvalue weighted by atomic mass is 32.2. The van der Waals surface area contributed by atoms with Crippen molar-refractivity contribution in [1.82, 2.24) is 9.29 Å². The molecule has 2 N–H and O–H groups in total. The minimum Gasteiger partial charge on any atom is -0.345 e. The van der Waals surface area contributed by atoms with Gasteiger partial charge in [0.25, 0.3) is 5.91 Å². The second kappa shape index (κ2) is 6.29. The number of carbonyl (C=O) groups is 1. The number of halogens is 3. The first-order chi connectivity index (χ1) is 12.1. The van der Waals surface area contributed by atoms with Gasteiger partial charge in [-0.25, -0.2) is 26.3 Å². The summed E-state index contributed by atoms with van der Waals surface area (Å²) in [6.45, 7) is 1.63. The van der Waals surface area contributed by atoms with Crippen LogP contribution < -0.4 is 10.0 Å². The largest absolute Gasteiger partial charge is 0.345 e. The van der Waals surface area contributed by atoms with Gasteiger partial charge in [-0.3, -0.25) is 4.79 Å². The molecule has 0 fully saturated rings. The molecule has 1 atom stereocenters. The Bertz CT molecular complexity index is 1020. The third-order valence-electron chi connectivity index (χ3n) is 3.82. The molecule has 10 heteroatoms. The molecular formula is C16H14F3N3O3S. The van der Waals surface area contributed by atoms with Gasteiger partial charge in [0.1, 0.15) is 10.6 Å². The maximum atomic E-state index is 13.3. The number of hydrogen-bond acceptors (Lipinski definition) is 3. The summed E-state index contributed by atoms with van der Waals surface area (Å²) >= 11 is 0. The van der Waals surface area contributed by atoms with E-state index in [0.29, 0.717) is 12.1 Å². The van der Waals surface area contributed by atoms with Gasteiger partial charge in [0, 0.05) is 42.7 Å². The van der Waals surface area contributed by atoms with Gasteiger partial charge in [-0.05, 0) is 6.92 Å². The third-order valence-corrected chi connectivity index (χ3v) is 5.41. The van der Waals surface area contributed by atoms with Crippen LogP contribution >= 0.6 is 0 Å². The van der Waals surface area contributed by atoms with E-state index in [1.807, 2.05) is 0 Å². The Morgan fingerprint density at radius 1 is 1.23 bits per heavy atom. The van der Waals surface area contributed by atoms with Gasteiger partial charge in [-0.15, -0.1) is 0 Å². The Balaban J connectivity index is 2.04. The molecule has 6 nitrogen and oxygen atoms in total. The average molecular weight is 385 g/mol. The second-order valence-electron chi connectivity index (χ2n) is 5.84. The lowest BCUT2D eigenvalue weighted by Gasteiger charge is -2.08. The van der Waals surface area contributed by atoms with Crippen LogP contribution in [0.1, 0.15) is 23.0 Å². The Morgan fingerprint density at radius 3 is 2.46 bits per heavy atom. The molecular weight excluding hydrogens is 371 g/mol. The molecule has 0 bridgehead atoms. The number of fused-ring (bicyclic) bond motifs is 1. The molecule has 0 saturated carbocycles. The number of aromatic nitrogens is 1. The Labute approximate surface area is 147 Å². The van der Waals surface area contributed by atoms with Gasteiger partial charge in [0.05, 0.1) is 0 Å². The molecule has 1 aromatic carbocycles. The molecule has 1 unspecified atom stereocenters. The first kappa shape index (κ1) is 18.2. The zero-order chi connectivity index (χ0) is 19.2. The number of carbonyl (C=O) groups excluding carboxylic acids is 1. The van der Waals surface area contributed by atoms with Crippen molar-refractivity contribution >= 4 is 27.7 Å². The van der Waals surface area contributed by atoms with Crippen molar-refractivity contribution < 1.29 is 26.4 Å². The lowest BCUT2D eigenvalue weighted by Crippen LogP contribution is -2.30. The lowest BCUT2D eigenvalue weighted by molar-refractivity contribution is 0.101. The van der Waals surface area contributed by atoms with Crippen LogP contribution in [0.25, 0.3) is 6.08 Å². The predicted molar refractivity (Wildman–Crippen MR) is 88.5 cm³/mol. The maximum Gasteiger partial charge on any atom is 0.272 e. The van der Waals surface area contributed by atoms with Crippen LogP contribution in [-0.4, -0.2) is 24.9 Å². The van der Waals surface area contributed by atoms with Crippen molar-refractivity contribution in [2.75, 3.05) is 5.32 Å². The quantitative estimate of drug-likeness (QED) is 0.779. The summed E-state index contributed by atoms with van der Waals surface area (Å²) in [5.41, 5.74) is -0.181. The number of nitrogens with zero attached hydrogens (tertiary/aromatic N) is 1. The Morgan fingerprint density at radius 2 is 1.85 bits per heavy atom. The highest BCUT2D eigenvalue weighted by molar-refractivity contribution is 7.89. The van der Waals surface area contributed by atoms with Crippen LogP contribution in [0.5, 0.6) is 0 Å². The summed E-state index contributed by atoms with van der Waals surface area (Å²) in [4.78, 5) is 12.5. The second-order valence-corrected chi connectivity index (χ2v) is 7.53. The number of nitrogens with one attached hydrogen (secondary N) is 2. The minimum absolute atomic E-state index is 0.0270. The first-order valence-electron chi connectivity index (χ1n) is 7.46. The zero-order valence-electron chi connectivity index (χ0n) is 13.7. The molecule has 1 amide bonds. The number of aryl methyl sites for hydroxylation is 1. The first-order valence-corrected chi connectivity index (χ1v) is 8.94. The van der Waals surface area contributed by atoms with Gasteiger partial charge < -0.3 is 9.88 Å². The molecule has 138 valence electrons. The number of hydrogen-bond donors (Lipinski definition) is 2. The van der Waals surface area contributed by atoms with Gasteiger partial charge in [-0.2, -0.15) is 0 Å². The summed E-state index contributed by atoms with van der Waals surface area (Å²) < 4.78 is 68.0. The molecule has 26 heavy (non-hydrogen) atoms. The summed E-state index contributed by atoms with van der Waals surface area (Å²) in [5, 5.41) is 2.25. The fourth-order valence-corrected chi connectivity index (χ4v) is 4.13. The predicted octanol–water partition coefficient (Wildman–Crippen LogP) is 2.39. The van der Waals surface area contributed by atoms with E-state index < -0.39 is 39.4 Å². The number of sulfonamides is 1. The van der Waals surface area contributed by atoms with Crippen LogP contribution in [0.2, 0.25) is 0 Å². The molecule has 2 aromatic rings. The van der Waals surface area contributed by atoms with E-state index in [9.17, 15) is 26.4 Å². The normalized spacial score (nSPS) is 18.3. The van der Waals surface area contributed by atoms with E-state index in [0.717, 1.165) is 0 Å². The summed E-state index contributed by atoms with van der Waals surface area (Å²) in [7, 11) is -2.38. The van der Waals surface area contributed by atoms with Crippen molar-refractivity contribution in [2.24, 2.45) is 7.05 Å². The fraction of sp³-hybridized carbons (Fsp3) is 0.188. The van der Waals surface area contributed by atoms with Crippen LogP contribution in [0, 0.1) is 17.5 Å². The van der Waals surface area contributed by atoms with Gasteiger partial charge in [0.15, 0.2) is 17.5 Å². The Hall–Kier alpha value is -2.59. The Kier molecular flexibility index (Phi) is 4.41. The van der Waals surface area contributed by atoms with Gasteiger partial charge >= 0.3 is 0 Å². The number of anilines is 1.